The van der Waals surface area contributed by atoms with Crippen LogP contribution in [-0.2, 0) is 4.79 Å². The maximum atomic E-state index is 13.7. The van der Waals surface area contributed by atoms with Crippen molar-refractivity contribution in [1.29, 1.82) is 0 Å². The molecule has 4 fully saturated rings. The van der Waals surface area contributed by atoms with Crippen LogP contribution in [0.5, 0.6) is 0 Å². The largest absolute Gasteiger partial charge is 0.392 e. The molecule has 0 unspecified atom stereocenters. The minimum absolute atomic E-state index is 0.166. The molecular formula is C30H48O2. The predicted octanol–water partition coefficient (Wildman–Crippen LogP) is 7.35. The normalized spacial score (nSPS) is 53.9. The van der Waals surface area contributed by atoms with Crippen LogP contribution in [0, 0.1) is 50.2 Å². The Morgan fingerprint density at radius 3 is 2.22 bits per heavy atom. The molecule has 0 spiro atoms. The SMILES string of the molecule is CC1(C)CC[C@]2(C)CC[C@]3(C)C(=CC[C@H]4[C@@]5(C)C(=O)C[C@H](O)C(C)(C)[C@H]5CC[C@]43C)[C@@H]2C1. The Bertz CT molecular complexity index is 866. The molecule has 5 aliphatic carbocycles. The van der Waals surface area contributed by atoms with E-state index < -0.39 is 6.10 Å². The predicted molar refractivity (Wildman–Crippen MR) is 131 cm³/mol. The summed E-state index contributed by atoms with van der Waals surface area (Å²) in [6.45, 7) is 19.4. The summed E-state index contributed by atoms with van der Waals surface area (Å²) in [6, 6.07) is 0. The van der Waals surface area contributed by atoms with Crippen LogP contribution in [0.15, 0.2) is 11.6 Å². The number of Topliss-reactive ketones (excluding diaryl/α,β-unsaturated/α-hetero) is 1. The molecule has 0 aromatic carbocycles. The van der Waals surface area contributed by atoms with E-state index in [0.717, 1.165) is 12.8 Å². The molecule has 0 aromatic rings. The summed E-state index contributed by atoms with van der Waals surface area (Å²) in [6.07, 6.45) is 12.5. The van der Waals surface area contributed by atoms with E-state index in [1.165, 1.54) is 38.5 Å². The maximum Gasteiger partial charge on any atom is 0.141 e. The van der Waals surface area contributed by atoms with E-state index in [4.69, 9.17) is 0 Å². The maximum absolute atomic E-state index is 13.7. The van der Waals surface area contributed by atoms with Gasteiger partial charge in [-0.15, -0.1) is 0 Å². The lowest BCUT2D eigenvalue weighted by Gasteiger charge is -2.70. The first-order valence-corrected chi connectivity index (χ1v) is 13.5. The summed E-state index contributed by atoms with van der Waals surface area (Å²) < 4.78 is 0. The van der Waals surface area contributed by atoms with Crippen LogP contribution in [0.3, 0.4) is 0 Å². The molecule has 180 valence electrons. The zero-order valence-corrected chi connectivity index (χ0v) is 22.1. The van der Waals surface area contributed by atoms with Gasteiger partial charge in [0, 0.05) is 11.8 Å². The van der Waals surface area contributed by atoms with Gasteiger partial charge in [0.05, 0.1) is 6.10 Å². The van der Waals surface area contributed by atoms with Crippen molar-refractivity contribution in [3.05, 3.63) is 11.6 Å². The van der Waals surface area contributed by atoms with Crippen LogP contribution in [-0.4, -0.2) is 17.0 Å². The van der Waals surface area contributed by atoms with Gasteiger partial charge in [-0.2, -0.15) is 0 Å². The number of allylic oxidation sites excluding steroid dienone is 2. The molecule has 0 radical (unpaired) electrons. The van der Waals surface area contributed by atoms with Crippen molar-refractivity contribution in [3.63, 3.8) is 0 Å². The molecule has 0 amide bonds. The quantitative estimate of drug-likeness (QED) is 0.400. The Balaban J connectivity index is 1.61. The highest BCUT2D eigenvalue weighted by Crippen LogP contribution is 2.75. The van der Waals surface area contributed by atoms with E-state index in [9.17, 15) is 9.90 Å². The number of rotatable bonds is 0. The highest BCUT2D eigenvalue weighted by atomic mass is 16.3. The molecule has 8 atom stereocenters. The molecule has 32 heavy (non-hydrogen) atoms. The Morgan fingerprint density at radius 2 is 1.53 bits per heavy atom. The van der Waals surface area contributed by atoms with Gasteiger partial charge in [-0.05, 0) is 96.2 Å². The summed E-state index contributed by atoms with van der Waals surface area (Å²) in [4.78, 5) is 13.7. The third kappa shape index (κ3) is 2.65. The second kappa shape index (κ2) is 6.52. The average Bonchev–Trinajstić information content (AvgIpc) is 2.68. The fraction of sp³-hybridized carbons (Fsp3) is 0.900. The topological polar surface area (TPSA) is 37.3 Å². The first-order chi connectivity index (χ1) is 14.6. The molecular weight excluding hydrogens is 392 g/mol. The van der Waals surface area contributed by atoms with Crippen molar-refractivity contribution in [3.8, 4) is 0 Å². The molecule has 0 heterocycles. The monoisotopic (exact) mass is 440 g/mol. The third-order valence-electron chi connectivity index (χ3n) is 12.9. The van der Waals surface area contributed by atoms with Gasteiger partial charge in [0.1, 0.15) is 5.78 Å². The van der Waals surface area contributed by atoms with Gasteiger partial charge in [0.2, 0.25) is 0 Å². The fourth-order valence-electron chi connectivity index (χ4n) is 10.2. The van der Waals surface area contributed by atoms with E-state index in [2.05, 4.69) is 61.5 Å². The van der Waals surface area contributed by atoms with Gasteiger partial charge in [0.25, 0.3) is 0 Å². The zero-order chi connectivity index (χ0) is 23.5. The summed E-state index contributed by atoms with van der Waals surface area (Å²) in [5.41, 5.74) is 2.52. The fourth-order valence-corrected chi connectivity index (χ4v) is 10.2. The Labute approximate surface area is 197 Å². The van der Waals surface area contributed by atoms with E-state index in [1.807, 2.05) is 0 Å². The molecule has 2 nitrogen and oxygen atoms in total. The molecule has 0 saturated heterocycles. The molecule has 5 rings (SSSR count). The number of ketones is 1. The van der Waals surface area contributed by atoms with Crippen molar-refractivity contribution in [1.82, 2.24) is 0 Å². The summed E-state index contributed by atoms with van der Waals surface area (Å²) >= 11 is 0. The van der Waals surface area contributed by atoms with E-state index >= 15 is 0 Å². The van der Waals surface area contributed by atoms with Crippen LogP contribution in [0.1, 0.15) is 113 Å². The lowest BCUT2D eigenvalue weighted by atomic mass is 9.33. The number of aliphatic hydroxyl groups is 1. The number of carbonyl (C=O) groups is 1. The van der Waals surface area contributed by atoms with Crippen molar-refractivity contribution in [2.24, 2.45) is 50.2 Å². The lowest BCUT2D eigenvalue weighted by Crippen LogP contribution is -2.67. The Hall–Kier alpha value is -0.630. The third-order valence-corrected chi connectivity index (χ3v) is 12.9. The lowest BCUT2D eigenvalue weighted by molar-refractivity contribution is -0.201. The number of carbonyl (C=O) groups excluding carboxylic acids is 1. The van der Waals surface area contributed by atoms with Gasteiger partial charge in [-0.3, -0.25) is 4.79 Å². The van der Waals surface area contributed by atoms with E-state index in [0.29, 0.717) is 34.9 Å². The highest BCUT2D eigenvalue weighted by molar-refractivity contribution is 5.87. The van der Waals surface area contributed by atoms with Crippen LogP contribution < -0.4 is 0 Å². The molecule has 0 aromatic heterocycles. The second-order valence-corrected chi connectivity index (χ2v) is 15.1. The van der Waals surface area contributed by atoms with Crippen LogP contribution in [0.25, 0.3) is 0 Å². The molecule has 2 heteroatoms. The summed E-state index contributed by atoms with van der Waals surface area (Å²) in [7, 11) is 0. The van der Waals surface area contributed by atoms with Crippen molar-refractivity contribution < 1.29 is 9.90 Å². The number of aliphatic hydroxyl groups excluding tert-OH is 1. The molecule has 5 aliphatic rings. The van der Waals surface area contributed by atoms with Crippen molar-refractivity contribution >= 4 is 5.78 Å². The van der Waals surface area contributed by atoms with Gasteiger partial charge in [-0.25, -0.2) is 0 Å². The summed E-state index contributed by atoms with van der Waals surface area (Å²) in [5.74, 6) is 1.71. The van der Waals surface area contributed by atoms with E-state index in [-0.39, 0.29) is 27.6 Å². The van der Waals surface area contributed by atoms with Crippen molar-refractivity contribution in [2.75, 3.05) is 0 Å². The van der Waals surface area contributed by atoms with Crippen LogP contribution in [0.4, 0.5) is 0 Å². The smallest absolute Gasteiger partial charge is 0.141 e. The average molecular weight is 441 g/mol. The van der Waals surface area contributed by atoms with Gasteiger partial charge in [0.15, 0.2) is 0 Å². The minimum Gasteiger partial charge on any atom is -0.392 e. The van der Waals surface area contributed by atoms with Crippen LogP contribution >= 0.6 is 0 Å². The van der Waals surface area contributed by atoms with Gasteiger partial charge >= 0.3 is 0 Å². The van der Waals surface area contributed by atoms with Gasteiger partial charge in [-0.1, -0.05) is 67.0 Å². The van der Waals surface area contributed by atoms with Crippen molar-refractivity contribution in [2.45, 2.75) is 119 Å². The first-order valence-electron chi connectivity index (χ1n) is 13.5. The molecule has 0 bridgehead atoms. The molecule has 4 saturated carbocycles. The molecule has 1 N–H and O–H groups in total. The number of hydrogen-bond acceptors (Lipinski definition) is 2. The Kier molecular flexibility index (Phi) is 4.71. The standard InChI is InChI=1S/C30H48O2/c1-25(2)13-14-27(5)15-16-28(6)19(20(27)18-25)9-10-22-29(28,7)12-11-21-26(3,4)23(31)17-24(32)30(21,22)8/h9,20-23,31H,10-18H2,1-8H3/t20-,21+,22+,23-,27+,28+,29+,30-/m0/s1. The zero-order valence-electron chi connectivity index (χ0n) is 22.1. The number of hydrogen-bond donors (Lipinski definition) is 1. The Morgan fingerprint density at radius 1 is 0.875 bits per heavy atom. The first kappa shape index (κ1) is 23.1. The highest BCUT2D eigenvalue weighted by Gasteiger charge is 2.69. The molecule has 0 aliphatic heterocycles. The van der Waals surface area contributed by atoms with Gasteiger partial charge < -0.3 is 5.11 Å². The number of fused-ring (bicyclic) bond motifs is 7. The van der Waals surface area contributed by atoms with E-state index in [1.54, 1.807) is 5.57 Å². The summed E-state index contributed by atoms with van der Waals surface area (Å²) in [5, 5.41) is 10.8. The van der Waals surface area contributed by atoms with Crippen LogP contribution in [0.2, 0.25) is 0 Å². The second-order valence-electron chi connectivity index (χ2n) is 15.1. The minimum atomic E-state index is -0.498.